The van der Waals surface area contributed by atoms with Crippen LogP contribution in [0.25, 0.3) is 0 Å². The molecule has 0 aliphatic carbocycles. The Morgan fingerprint density at radius 1 is 1.09 bits per heavy atom. The number of benzene rings is 2. The molecule has 1 atom stereocenters. The molecule has 0 heterocycles. The first-order chi connectivity index (χ1) is 15.0. The predicted octanol–water partition coefficient (Wildman–Crippen LogP) is 3.62. The minimum atomic E-state index is -3.81. The minimum Gasteiger partial charge on any atom is -0.357 e. The zero-order valence-electron chi connectivity index (χ0n) is 18.4. The second-order valence-electron chi connectivity index (χ2n) is 7.35. The summed E-state index contributed by atoms with van der Waals surface area (Å²) >= 11 is 12.5. The second kappa shape index (κ2) is 11.0. The SMILES string of the molecule is CC[C@H](C(=O)NC)N(Cc1ccccc1Cl)C(=O)CN(c1ccc(C)c(Cl)c1)S(C)(=O)=O. The van der Waals surface area contributed by atoms with Crippen LogP contribution in [0, 0.1) is 6.92 Å². The molecule has 174 valence electrons. The maximum Gasteiger partial charge on any atom is 0.244 e. The summed E-state index contributed by atoms with van der Waals surface area (Å²) in [6.07, 6.45) is 1.35. The van der Waals surface area contributed by atoms with E-state index in [-0.39, 0.29) is 18.1 Å². The fraction of sp³-hybridized carbons (Fsp3) is 0.364. The number of anilines is 1. The molecule has 0 spiro atoms. The monoisotopic (exact) mass is 499 g/mol. The van der Waals surface area contributed by atoms with E-state index in [0.717, 1.165) is 16.1 Å². The Bertz CT molecular complexity index is 1090. The van der Waals surface area contributed by atoms with Gasteiger partial charge in [-0.05, 0) is 42.7 Å². The molecule has 0 saturated heterocycles. The lowest BCUT2D eigenvalue weighted by molar-refractivity contribution is -0.140. The summed E-state index contributed by atoms with van der Waals surface area (Å²) in [7, 11) is -2.33. The maximum absolute atomic E-state index is 13.4. The van der Waals surface area contributed by atoms with Crippen LogP contribution in [-0.4, -0.2) is 51.0 Å². The number of hydrogen-bond acceptors (Lipinski definition) is 4. The van der Waals surface area contributed by atoms with E-state index in [1.54, 1.807) is 50.2 Å². The lowest BCUT2D eigenvalue weighted by atomic mass is 10.1. The zero-order valence-corrected chi connectivity index (χ0v) is 20.8. The van der Waals surface area contributed by atoms with Gasteiger partial charge in [-0.2, -0.15) is 0 Å². The Labute approximate surface area is 199 Å². The number of carbonyl (C=O) groups excluding carboxylic acids is 2. The Hall–Kier alpha value is -2.29. The lowest BCUT2D eigenvalue weighted by Gasteiger charge is -2.32. The molecular weight excluding hydrogens is 473 g/mol. The van der Waals surface area contributed by atoms with Crippen LogP contribution in [0.3, 0.4) is 0 Å². The molecule has 1 N–H and O–H groups in total. The van der Waals surface area contributed by atoms with Crippen LogP contribution in [0.1, 0.15) is 24.5 Å². The number of likely N-dealkylation sites (N-methyl/N-ethyl adjacent to an activating group) is 1. The van der Waals surface area contributed by atoms with Gasteiger partial charge in [0.2, 0.25) is 21.8 Å². The minimum absolute atomic E-state index is 0.0523. The largest absolute Gasteiger partial charge is 0.357 e. The first-order valence-corrected chi connectivity index (χ1v) is 12.6. The summed E-state index contributed by atoms with van der Waals surface area (Å²) in [5, 5.41) is 3.39. The van der Waals surface area contributed by atoms with Crippen molar-refractivity contribution in [3.63, 3.8) is 0 Å². The van der Waals surface area contributed by atoms with E-state index in [1.807, 2.05) is 0 Å². The molecular formula is C22H27Cl2N3O4S. The van der Waals surface area contributed by atoms with E-state index in [0.29, 0.717) is 22.0 Å². The van der Waals surface area contributed by atoms with Gasteiger partial charge in [0.25, 0.3) is 0 Å². The van der Waals surface area contributed by atoms with Crippen LogP contribution in [0.15, 0.2) is 42.5 Å². The molecule has 0 saturated carbocycles. The van der Waals surface area contributed by atoms with Gasteiger partial charge in [-0.25, -0.2) is 8.42 Å². The molecule has 2 aromatic carbocycles. The van der Waals surface area contributed by atoms with Crippen LogP contribution < -0.4 is 9.62 Å². The normalized spacial score (nSPS) is 12.2. The third-order valence-corrected chi connectivity index (χ3v) is 6.97. The van der Waals surface area contributed by atoms with Gasteiger partial charge < -0.3 is 10.2 Å². The molecule has 0 unspecified atom stereocenters. The maximum atomic E-state index is 13.4. The van der Waals surface area contributed by atoms with Crippen molar-refractivity contribution < 1.29 is 18.0 Å². The van der Waals surface area contributed by atoms with E-state index in [1.165, 1.54) is 18.0 Å². The number of nitrogens with zero attached hydrogens (tertiary/aromatic N) is 2. The summed E-state index contributed by atoms with van der Waals surface area (Å²) in [4.78, 5) is 27.3. The van der Waals surface area contributed by atoms with Crippen molar-refractivity contribution in [1.29, 1.82) is 0 Å². The van der Waals surface area contributed by atoms with E-state index < -0.39 is 28.5 Å². The molecule has 0 aromatic heterocycles. The van der Waals surface area contributed by atoms with E-state index >= 15 is 0 Å². The number of carbonyl (C=O) groups is 2. The molecule has 2 aromatic rings. The number of aryl methyl sites for hydroxylation is 1. The highest BCUT2D eigenvalue weighted by Gasteiger charge is 2.31. The van der Waals surface area contributed by atoms with Gasteiger partial charge in [-0.1, -0.05) is 54.4 Å². The molecule has 0 bridgehead atoms. The third kappa shape index (κ3) is 6.37. The topological polar surface area (TPSA) is 86.8 Å². The smallest absolute Gasteiger partial charge is 0.244 e. The number of rotatable bonds is 9. The standard InChI is InChI=1S/C22H27Cl2N3O4S/c1-5-20(22(29)25-3)26(13-16-8-6-7-9-18(16)23)21(28)14-27(32(4,30)31)17-11-10-15(2)19(24)12-17/h6-12,20H,5,13-14H2,1-4H3,(H,25,29)/t20-/m1/s1. The van der Waals surface area contributed by atoms with Crippen molar-refractivity contribution in [3.05, 3.63) is 63.6 Å². The average Bonchev–Trinajstić information content (AvgIpc) is 2.74. The summed E-state index contributed by atoms with van der Waals surface area (Å²) in [5.74, 6) is -0.889. The highest BCUT2D eigenvalue weighted by Crippen LogP contribution is 2.26. The van der Waals surface area contributed by atoms with Crippen molar-refractivity contribution in [2.75, 3.05) is 24.2 Å². The highest BCUT2D eigenvalue weighted by atomic mass is 35.5. The number of halogens is 2. The van der Waals surface area contributed by atoms with Crippen LogP contribution in [0.2, 0.25) is 10.0 Å². The molecule has 2 amide bonds. The summed E-state index contributed by atoms with van der Waals surface area (Å²) in [6.45, 7) is 3.14. The van der Waals surface area contributed by atoms with Gasteiger partial charge in [0, 0.05) is 23.6 Å². The molecule has 32 heavy (non-hydrogen) atoms. The van der Waals surface area contributed by atoms with Crippen molar-refractivity contribution in [3.8, 4) is 0 Å². The number of amides is 2. The Balaban J connectivity index is 2.46. The van der Waals surface area contributed by atoms with Gasteiger partial charge >= 0.3 is 0 Å². The first-order valence-electron chi connectivity index (χ1n) is 9.97. The van der Waals surface area contributed by atoms with Gasteiger partial charge in [-0.3, -0.25) is 13.9 Å². The van der Waals surface area contributed by atoms with E-state index in [4.69, 9.17) is 23.2 Å². The molecule has 0 aliphatic heterocycles. The van der Waals surface area contributed by atoms with Gasteiger partial charge in [0.05, 0.1) is 11.9 Å². The molecule has 0 aliphatic rings. The third-order valence-electron chi connectivity index (χ3n) is 5.05. The quantitative estimate of drug-likeness (QED) is 0.570. The van der Waals surface area contributed by atoms with Gasteiger partial charge in [0.1, 0.15) is 12.6 Å². The fourth-order valence-corrected chi connectivity index (χ4v) is 4.46. The molecule has 0 radical (unpaired) electrons. The Kier molecular flexibility index (Phi) is 8.95. The van der Waals surface area contributed by atoms with Crippen molar-refractivity contribution in [1.82, 2.24) is 10.2 Å². The van der Waals surface area contributed by atoms with E-state index in [2.05, 4.69) is 5.32 Å². The predicted molar refractivity (Wildman–Crippen MR) is 129 cm³/mol. The zero-order chi connectivity index (χ0) is 24.1. The number of nitrogens with one attached hydrogen (secondary N) is 1. The van der Waals surface area contributed by atoms with Crippen LogP contribution in [0.4, 0.5) is 5.69 Å². The van der Waals surface area contributed by atoms with Crippen LogP contribution in [0.5, 0.6) is 0 Å². The summed E-state index contributed by atoms with van der Waals surface area (Å²) in [5.41, 5.74) is 1.69. The molecule has 0 fully saturated rings. The molecule has 2 rings (SSSR count). The van der Waals surface area contributed by atoms with Crippen LogP contribution in [-0.2, 0) is 26.2 Å². The number of sulfonamides is 1. The Morgan fingerprint density at radius 2 is 1.75 bits per heavy atom. The van der Waals surface area contributed by atoms with Gasteiger partial charge in [0.15, 0.2) is 0 Å². The summed E-state index contributed by atoms with van der Waals surface area (Å²) < 4.78 is 26.1. The second-order valence-corrected chi connectivity index (χ2v) is 10.1. The first kappa shape index (κ1) is 26.0. The van der Waals surface area contributed by atoms with E-state index in [9.17, 15) is 18.0 Å². The highest BCUT2D eigenvalue weighted by molar-refractivity contribution is 7.92. The lowest BCUT2D eigenvalue weighted by Crippen LogP contribution is -2.51. The van der Waals surface area contributed by atoms with Crippen molar-refractivity contribution >= 4 is 50.7 Å². The van der Waals surface area contributed by atoms with Crippen molar-refractivity contribution in [2.24, 2.45) is 0 Å². The van der Waals surface area contributed by atoms with Crippen LogP contribution >= 0.6 is 23.2 Å². The fourth-order valence-electron chi connectivity index (χ4n) is 3.25. The molecule has 7 nitrogen and oxygen atoms in total. The average molecular weight is 500 g/mol. The Morgan fingerprint density at radius 3 is 2.28 bits per heavy atom. The number of hydrogen-bond donors (Lipinski definition) is 1. The van der Waals surface area contributed by atoms with Crippen molar-refractivity contribution in [2.45, 2.75) is 32.9 Å². The van der Waals surface area contributed by atoms with Gasteiger partial charge in [-0.15, -0.1) is 0 Å². The molecule has 10 heteroatoms. The summed E-state index contributed by atoms with van der Waals surface area (Å²) in [6, 6.07) is 11.0.